The van der Waals surface area contributed by atoms with E-state index in [0.29, 0.717) is 6.04 Å². The summed E-state index contributed by atoms with van der Waals surface area (Å²) in [4.78, 5) is 0. The number of hydrogen-bond acceptors (Lipinski definition) is 3. The van der Waals surface area contributed by atoms with Crippen molar-refractivity contribution in [3.8, 4) is 0 Å². The average molecular weight is 334 g/mol. The van der Waals surface area contributed by atoms with E-state index < -0.39 is 0 Å². The molecule has 1 aliphatic heterocycles. The molecule has 0 amide bonds. The molecule has 4 heteroatoms. The Morgan fingerprint density at radius 2 is 2.18 bits per heavy atom. The Morgan fingerprint density at radius 1 is 1.41 bits per heavy atom. The summed E-state index contributed by atoms with van der Waals surface area (Å²) in [6.45, 7) is 3.25. The number of thiophene rings is 1. The first-order valence-electron chi connectivity index (χ1n) is 6.34. The van der Waals surface area contributed by atoms with Gasteiger partial charge in [0, 0.05) is 15.9 Å². The fourth-order valence-corrected chi connectivity index (χ4v) is 5.25. The van der Waals surface area contributed by atoms with Gasteiger partial charge in [0.2, 0.25) is 0 Å². The van der Waals surface area contributed by atoms with Crippen molar-refractivity contribution in [2.75, 3.05) is 18.1 Å². The Morgan fingerprint density at radius 3 is 2.76 bits per heavy atom. The quantitative estimate of drug-likeness (QED) is 0.838. The van der Waals surface area contributed by atoms with E-state index in [9.17, 15) is 0 Å². The molecule has 17 heavy (non-hydrogen) atoms. The topological polar surface area (TPSA) is 12.0 Å². The van der Waals surface area contributed by atoms with Crippen molar-refractivity contribution in [1.29, 1.82) is 0 Å². The normalized spacial score (nSPS) is 19.4. The molecule has 0 bridgehead atoms. The molecule has 0 aromatic carbocycles. The summed E-state index contributed by atoms with van der Waals surface area (Å²) in [5.74, 6) is 3.62. The highest BCUT2D eigenvalue weighted by Crippen LogP contribution is 2.35. The van der Waals surface area contributed by atoms with E-state index in [1.807, 2.05) is 0 Å². The van der Waals surface area contributed by atoms with Gasteiger partial charge in [0.1, 0.15) is 0 Å². The van der Waals surface area contributed by atoms with Crippen molar-refractivity contribution in [2.45, 2.75) is 32.2 Å². The molecule has 0 saturated carbocycles. The van der Waals surface area contributed by atoms with Crippen LogP contribution in [-0.2, 0) is 0 Å². The van der Waals surface area contributed by atoms with Crippen LogP contribution in [0.25, 0.3) is 0 Å². The van der Waals surface area contributed by atoms with Gasteiger partial charge in [-0.2, -0.15) is 23.1 Å². The molecular weight excluding hydrogens is 314 g/mol. The summed E-state index contributed by atoms with van der Waals surface area (Å²) in [6, 6.07) is 0.536. The monoisotopic (exact) mass is 333 g/mol. The first-order chi connectivity index (χ1) is 8.31. The van der Waals surface area contributed by atoms with Crippen LogP contribution in [0.15, 0.2) is 15.2 Å². The minimum absolute atomic E-state index is 0.536. The summed E-state index contributed by atoms with van der Waals surface area (Å²) in [7, 11) is 0. The summed E-state index contributed by atoms with van der Waals surface area (Å²) in [5.41, 5.74) is 1.45. The van der Waals surface area contributed by atoms with Crippen LogP contribution in [-0.4, -0.2) is 18.1 Å². The molecule has 2 heterocycles. The molecule has 1 aromatic heterocycles. The smallest absolute Gasteiger partial charge is 0.0342 e. The molecule has 0 radical (unpaired) electrons. The van der Waals surface area contributed by atoms with E-state index in [2.05, 4.69) is 50.7 Å². The van der Waals surface area contributed by atoms with E-state index in [4.69, 9.17) is 0 Å². The van der Waals surface area contributed by atoms with Crippen molar-refractivity contribution >= 4 is 39.0 Å². The van der Waals surface area contributed by atoms with Gasteiger partial charge >= 0.3 is 0 Å². The Bertz CT molecular complexity index is 334. The fraction of sp³-hybridized carbons (Fsp3) is 0.692. The molecule has 1 saturated heterocycles. The van der Waals surface area contributed by atoms with E-state index in [-0.39, 0.29) is 0 Å². The van der Waals surface area contributed by atoms with Gasteiger partial charge in [0.25, 0.3) is 0 Å². The van der Waals surface area contributed by atoms with Crippen LogP contribution in [0.3, 0.4) is 0 Å². The Hall–Kier alpha value is 0.490. The van der Waals surface area contributed by atoms with Crippen LogP contribution in [0.1, 0.15) is 37.8 Å². The Kier molecular flexibility index (Phi) is 5.87. The van der Waals surface area contributed by atoms with Gasteiger partial charge in [-0.05, 0) is 70.1 Å². The average Bonchev–Trinajstić information content (AvgIpc) is 2.76. The number of nitrogens with one attached hydrogen (secondary N) is 1. The molecule has 1 atom stereocenters. The molecular formula is C13H20BrNS2. The SMILES string of the molecule is CCNC(CC1CCSCC1)c1cscc1Br. The molecule has 1 aromatic rings. The number of thioether (sulfide) groups is 1. The second-order valence-corrected chi connectivity index (χ2v) is 7.40. The van der Waals surface area contributed by atoms with E-state index in [1.165, 1.54) is 40.8 Å². The molecule has 2 rings (SSSR count). The summed E-state index contributed by atoms with van der Waals surface area (Å²) in [6.07, 6.45) is 4.09. The Labute approximate surface area is 121 Å². The third-order valence-corrected chi connectivity index (χ3v) is 6.18. The molecule has 0 aliphatic carbocycles. The zero-order chi connectivity index (χ0) is 12.1. The van der Waals surface area contributed by atoms with Gasteiger partial charge < -0.3 is 5.32 Å². The molecule has 1 N–H and O–H groups in total. The molecule has 96 valence electrons. The van der Waals surface area contributed by atoms with Crippen molar-refractivity contribution < 1.29 is 0 Å². The molecule has 1 nitrogen and oxygen atoms in total. The predicted molar refractivity (Wildman–Crippen MR) is 83.1 cm³/mol. The van der Waals surface area contributed by atoms with E-state index >= 15 is 0 Å². The summed E-state index contributed by atoms with van der Waals surface area (Å²) < 4.78 is 1.28. The highest BCUT2D eigenvalue weighted by molar-refractivity contribution is 9.10. The third-order valence-electron chi connectivity index (χ3n) is 3.38. The lowest BCUT2D eigenvalue weighted by atomic mass is 9.92. The van der Waals surface area contributed by atoms with Crippen molar-refractivity contribution in [3.63, 3.8) is 0 Å². The molecule has 1 aliphatic rings. The molecule has 1 unspecified atom stereocenters. The van der Waals surface area contributed by atoms with E-state index in [1.54, 1.807) is 11.3 Å². The highest BCUT2D eigenvalue weighted by atomic mass is 79.9. The zero-order valence-corrected chi connectivity index (χ0v) is 13.5. The van der Waals surface area contributed by atoms with Gasteiger partial charge in [-0.1, -0.05) is 6.92 Å². The van der Waals surface area contributed by atoms with Crippen molar-refractivity contribution in [2.24, 2.45) is 5.92 Å². The standard InChI is InChI=1S/C13H20BrNS2/c1-2-15-13(11-8-17-9-12(11)14)7-10-3-5-16-6-4-10/h8-10,13,15H,2-7H2,1H3. The van der Waals surface area contributed by atoms with Gasteiger partial charge in [0.15, 0.2) is 0 Å². The van der Waals surface area contributed by atoms with Crippen molar-refractivity contribution in [3.05, 3.63) is 20.8 Å². The van der Waals surface area contributed by atoms with Crippen LogP contribution in [0, 0.1) is 5.92 Å². The number of halogens is 1. The fourth-order valence-electron chi connectivity index (χ4n) is 2.42. The maximum Gasteiger partial charge on any atom is 0.0342 e. The maximum atomic E-state index is 3.67. The summed E-state index contributed by atoms with van der Waals surface area (Å²) in [5, 5.41) is 8.12. The summed E-state index contributed by atoms with van der Waals surface area (Å²) >= 11 is 7.57. The minimum Gasteiger partial charge on any atom is -0.310 e. The van der Waals surface area contributed by atoms with Crippen LogP contribution in [0.2, 0.25) is 0 Å². The van der Waals surface area contributed by atoms with Gasteiger partial charge in [-0.25, -0.2) is 0 Å². The van der Waals surface area contributed by atoms with Gasteiger partial charge in [-0.3, -0.25) is 0 Å². The van der Waals surface area contributed by atoms with E-state index in [0.717, 1.165) is 12.5 Å². The lowest BCUT2D eigenvalue weighted by Gasteiger charge is -2.27. The second-order valence-electron chi connectivity index (χ2n) is 4.58. The van der Waals surface area contributed by atoms with Crippen LogP contribution < -0.4 is 5.32 Å². The Balaban J connectivity index is 1.99. The van der Waals surface area contributed by atoms with Crippen LogP contribution >= 0.6 is 39.0 Å². The highest BCUT2D eigenvalue weighted by Gasteiger charge is 2.21. The third kappa shape index (κ3) is 3.98. The number of rotatable bonds is 5. The van der Waals surface area contributed by atoms with Gasteiger partial charge in [0.05, 0.1) is 0 Å². The first kappa shape index (κ1) is 13.9. The lowest BCUT2D eigenvalue weighted by Crippen LogP contribution is -2.24. The molecule has 1 fully saturated rings. The first-order valence-corrected chi connectivity index (χ1v) is 9.23. The van der Waals surface area contributed by atoms with Crippen LogP contribution in [0.5, 0.6) is 0 Å². The second kappa shape index (κ2) is 7.17. The maximum absolute atomic E-state index is 3.67. The van der Waals surface area contributed by atoms with Gasteiger partial charge in [-0.15, -0.1) is 0 Å². The lowest BCUT2D eigenvalue weighted by molar-refractivity contribution is 0.374. The molecule has 0 spiro atoms. The largest absolute Gasteiger partial charge is 0.310 e. The number of hydrogen-bond donors (Lipinski definition) is 1. The van der Waals surface area contributed by atoms with Crippen LogP contribution in [0.4, 0.5) is 0 Å². The zero-order valence-electron chi connectivity index (χ0n) is 10.2. The minimum atomic E-state index is 0.536. The van der Waals surface area contributed by atoms with Crippen molar-refractivity contribution in [1.82, 2.24) is 5.32 Å². The predicted octanol–water partition coefficient (Wildman–Crippen LogP) is 4.69.